The first-order chi connectivity index (χ1) is 11.1. The van der Waals surface area contributed by atoms with Gasteiger partial charge in [-0.05, 0) is 42.4 Å². The van der Waals surface area contributed by atoms with Gasteiger partial charge >= 0.3 is 0 Å². The van der Waals surface area contributed by atoms with E-state index in [4.69, 9.17) is 0 Å². The van der Waals surface area contributed by atoms with Crippen molar-refractivity contribution in [2.75, 3.05) is 6.54 Å². The number of hydrogen-bond acceptors (Lipinski definition) is 3. The number of carbonyl (C=O) groups is 2. The van der Waals surface area contributed by atoms with Crippen LogP contribution in [-0.2, 0) is 9.59 Å². The highest BCUT2D eigenvalue weighted by Gasteiger charge is 2.67. The maximum atomic E-state index is 12.9. The van der Waals surface area contributed by atoms with Crippen LogP contribution in [0.5, 0.6) is 0 Å². The number of aliphatic hydroxyl groups excluding tert-OH is 1. The molecule has 0 aromatic heterocycles. The normalized spacial score (nSPS) is 35.2. The van der Waals surface area contributed by atoms with Gasteiger partial charge in [-0.2, -0.15) is 0 Å². The molecule has 2 aliphatic carbocycles. The lowest BCUT2D eigenvalue weighted by molar-refractivity contribution is -0.141. The molecular weight excluding hydrogens is 302 g/mol. The van der Waals surface area contributed by atoms with Crippen molar-refractivity contribution in [3.63, 3.8) is 0 Å². The van der Waals surface area contributed by atoms with Gasteiger partial charge in [0.05, 0.1) is 12.5 Å². The van der Waals surface area contributed by atoms with Gasteiger partial charge in [0.2, 0.25) is 5.91 Å². The molecule has 4 nitrogen and oxygen atoms in total. The molecule has 4 atom stereocenters. The molecular formula is C20H33NO3. The van der Waals surface area contributed by atoms with Crippen molar-refractivity contribution in [3.05, 3.63) is 0 Å². The van der Waals surface area contributed by atoms with E-state index in [1.807, 2.05) is 4.90 Å². The molecule has 3 unspecified atom stereocenters. The second-order valence-corrected chi connectivity index (χ2v) is 9.42. The fraction of sp³-hybridized carbons (Fsp3) is 0.900. The molecule has 1 spiro atoms. The Kier molecular flexibility index (Phi) is 4.14. The van der Waals surface area contributed by atoms with Crippen LogP contribution >= 0.6 is 0 Å². The van der Waals surface area contributed by atoms with Gasteiger partial charge in [-0.25, -0.2) is 0 Å². The number of nitrogens with zero attached hydrogens (tertiary/aromatic N) is 1. The summed E-state index contributed by atoms with van der Waals surface area (Å²) in [4.78, 5) is 27.0. The first-order valence-corrected chi connectivity index (χ1v) is 9.58. The van der Waals surface area contributed by atoms with Crippen LogP contribution in [0, 0.1) is 22.2 Å². The highest BCUT2D eigenvalue weighted by molar-refractivity contribution is 5.86. The van der Waals surface area contributed by atoms with E-state index in [2.05, 4.69) is 13.8 Å². The second kappa shape index (κ2) is 5.55. The molecule has 2 bridgehead atoms. The van der Waals surface area contributed by atoms with Crippen LogP contribution < -0.4 is 0 Å². The van der Waals surface area contributed by atoms with E-state index < -0.39 is 11.5 Å². The van der Waals surface area contributed by atoms with E-state index >= 15 is 0 Å². The summed E-state index contributed by atoms with van der Waals surface area (Å²) < 4.78 is 0. The molecule has 0 aromatic carbocycles. The third-order valence-corrected chi connectivity index (χ3v) is 8.12. The maximum absolute atomic E-state index is 12.9. The summed E-state index contributed by atoms with van der Waals surface area (Å²) in [6, 6.07) is 0.343. The van der Waals surface area contributed by atoms with Gasteiger partial charge in [0, 0.05) is 24.4 Å². The van der Waals surface area contributed by atoms with Gasteiger partial charge in [0.25, 0.3) is 0 Å². The molecule has 4 heteroatoms. The second-order valence-electron chi connectivity index (χ2n) is 9.42. The van der Waals surface area contributed by atoms with E-state index in [1.165, 1.54) is 12.8 Å². The number of hydrogen-bond donors (Lipinski definition) is 1. The Labute approximate surface area is 146 Å². The van der Waals surface area contributed by atoms with Crippen LogP contribution in [0.4, 0.5) is 0 Å². The Morgan fingerprint density at radius 1 is 1.29 bits per heavy atom. The third kappa shape index (κ3) is 2.21. The van der Waals surface area contributed by atoms with Crippen LogP contribution in [0.2, 0.25) is 0 Å². The van der Waals surface area contributed by atoms with Crippen LogP contribution in [0.15, 0.2) is 0 Å². The monoisotopic (exact) mass is 335 g/mol. The lowest BCUT2D eigenvalue weighted by Crippen LogP contribution is -2.46. The molecule has 1 N–H and O–H groups in total. The Bertz CT molecular complexity index is 553. The summed E-state index contributed by atoms with van der Waals surface area (Å²) in [7, 11) is 0. The van der Waals surface area contributed by atoms with Crippen LogP contribution in [0.25, 0.3) is 0 Å². The van der Waals surface area contributed by atoms with Gasteiger partial charge < -0.3 is 10.0 Å². The highest BCUT2D eigenvalue weighted by Crippen LogP contribution is 2.70. The van der Waals surface area contributed by atoms with E-state index in [0.717, 1.165) is 25.3 Å². The van der Waals surface area contributed by atoms with Crippen LogP contribution in [0.1, 0.15) is 73.1 Å². The van der Waals surface area contributed by atoms with Crippen molar-refractivity contribution in [2.45, 2.75) is 85.3 Å². The maximum Gasteiger partial charge on any atom is 0.225 e. The van der Waals surface area contributed by atoms with Gasteiger partial charge in [0.15, 0.2) is 0 Å². The van der Waals surface area contributed by atoms with E-state index in [9.17, 15) is 14.7 Å². The molecule has 2 saturated carbocycles. The van der Waals surface area contributed by atoms with Crippen molar-refractivity contribution in [1.82, 2.24) is 4.90 Å². The summed E-state index contributed by atoms with van der Waals surface area (Å²) in [5, 5.41) is 10.5. The highest BCUT2D eigenvalue weighted by atomic mass is 16.3. The van der Waals surface area contributed by atoms with E-state index in [-0.39, 0.29) is 23.5 Å². The summed E-state index contributed by atoms with van der Waals surface area (Å²) in [6.07, 6.45) is 4.31. The Morgan fingerprint density at radius 3 is 2.54 bits per heavy atom. The quantitative estimate of drug-likeness (QED) is 0.839. The van der Waals surface area contributed by atoms with Crippen molar-refractivity contribution in [3.8, 4) is 0 Å². The topological polar surface area (TPSA) is 57.6 Å². The average molecular weight is 335 g/mol. The number of Topliss-reactive ketones (excluding diaryl/α,β-unsaturated/α-hetero) is 1. The predicted molar refractivity (Wildman–Crippen MR) is 93.4 cm³/mol. The summed E-state index contributed by atoms with van der Waals surface area (Å²) >= 11 is 0. The standard InChI is InChI=1S/C20H33NO3/c1-6-15(22)18(2,3)16(23)12-17(24)21-10-9-20-8-7-13(11-14(20)21)19(20,4)5/h13-14,16,23H,6-12H2,1-5H3/t13?,14?,16-,20?/m0/s1. The van der Waals surface area contributed by atoms with Gasteiger partial charge in [0.1, 0.15) is 5.78 Å². The zero-order valence-corrected chi connectivity index (χ0v) is 15.9. The Balaban J connectivity index is 1.71. The molecule has 1 heterocycles. The molecule has 24 heavy (non-hydrogen) atoms. The van der Waals surface area contributed by atoms with Gasteiger partial charge in [-0.3, -0.25) is 9.59 Å². The van der Waals surface area contributed by atoms with Crippen LogP contribution in [0.3, 0.4) is 0 Å². The molecule has 1 aliphatic heterocycles. The molecule has 1 saturated heterocycles. The first kappa shape index (κ1) is 17.9. The third-order valence-electron chi connectivity index (χ3n) is 8.12. The van der Waals surface area contributed by atoms with E-state index in [0.29, 0.717) is 17.9 Å². The minimum absolute atomic E-state index is 0.0155. The van der Waals surface area contributed by atoms with Crippen LogP contribution in [-0.4, -0.2) is 40.4 Å². The van der Waals surface area contributed by atoms with Crippen molar-refractivity contribution < 1.29 is 14.7 Å². The smallest absolute Gasteiger partial charge is 0.225 e. The van der Waals surface area contributed by atoms with Crippen molar-refractivity contribution >= 4 is 11.7 Å². The molecule has 136 valence electrons. The molecule has 3 rings (SSSR count). The van der Waals surface area contributed by atoms with Crippen molar-refractivity contribution in [2.24, 2.45) is 22.2 Å². The fourth-order valence-corrected chi connectivity index (χ4v) is 6.02. The summed E-state index contributed by atoms with van der Waals surface area (Å²) in [5.41, 5.74) is -0.244. The number of aliphatic hydroxyl groups is 1. The predicted octanol–water partition coefficient (Wildman–Crippen LogP) is 3.17. The molecule has 3 fully saturated rings. The number of ketones is 1. The fourth-order valence-electron chi connectivity index (χ4n) is 6.02. The number of fused-ring (bicyclic) bond motifs is 1. The van der Waals surface area contributed by atoms with E-state index in [1.54, 1.807) is 20.8 Å². The number of rotatable bonds is 5. The molecule has 0 radical (unpaired) electrons. The first-order valence-electron chi connectivity index (χ1n) is 9.58. The zero-order chi connectivity index (χ0) is 17.9. The van der Waals surface area contributed by atoms with Gasteiger partial charge in [-0.1, -0.05) is 34.6 Å². The Morgan fingerprint density at radius 2 is 1.96 bits per heavy atom. The number of likely N-dealkylation sites (tertiary alicyclic amines) is 1. The number of amides is 1. The lowest BCUT2D eigenvalue weighted by atomic mass is 9.67. The minimum atomic E-state index is -0.902. The molecule has 1 amide bonds. The molecule has 3 aliphatic rings. The zero-order valence-electron chi connectivity index (χ0n) is 15.9. The average Bonchev–Trinajstić information content (AvgIpc) is 3.10. The SMILES string of the molecule is CCC(=O)C(C)(C)[C@@H](O)CC(=O)N1CCC23CCC(CC12)C3(C)C. The summed E-state index contributed by atoms with van der Waals surface area (Å²) in [6.45, 7) is 10.9. The summed E-state index contributed by atoms with van der Waals surface area (Å²) in [5.74, 6) is 0.771. The Hall–Kier alpha value is -0.900. The molecule has 0 aromatic rings. The lowest BCUT2D eigenvalue weighted by Gasteiger charge is -2.39. The largest absolute Gasteiger partial charge is 0.392 e. The minimum Gasteiger partial charge on any atom is -0.392 e. The van der Waals surface area contributed by atoms with Gasteiger partial charge in [-0.15, -0.1) is 0 Å². The number of carbonyl (C=O) groups excluding carboxylic acids is 2. The van der Waals surface area contributed by atoms with Crippen molar-refractivity contribution in [1.29, 1.82) is 0 Å².